The zero-order chi connectivity index (χ0) is 12.5. The molecule has 1 aromatic heterocycles. The topological polar surface area (TPSA) is 25.2 Å². The predicted molar refractivity (Wildman–Crippen MR) is 68.7 cm³/mol. The maximum absolute atomic E-state index is 13.3. The van der Waals surface area contributed by atoms with Crippen LogP contribution in [-0.2, 0) is 6.54 Å². The molecule has 0 amide bonds. The van der Waals surface area contributed by atoms with Crippen LogP contribution in [0.3, 0.4) is 0 Å². The number of hydrogen-bond donors (Lipinski definition) is 1. The molecule has 0 atom stereocenters. The minimum Gasteiger partial charge on any atom is -0.467 e. The summed E-state index contributed by atoms with van der Waals surface area (Å²) in [6.45, 7) is 2.52. The number of nitrogens with one attached hydrogen (secondary N) is 1. The summed E-state index contributed by atoms with van der Waals surface area (Å²) >= 11 is 0. The number of halogens is 1. The molecule has 3 heteroatoms. The summed E-state index contributed by atoms with van der Waals surface area (Å²) in [5, 5.41) is 3.43. The molecule has 1 aliphatic carbocycles. The van der Waals surface area contributed by atoms with Gasteiger partial charge >= 0.3 is 0 Å². The van der Waals surface area contributed by atoms with Gasteiger partial charge in [0.25, 0.3) is 0 Å². The van der Waals surface area contributed by atoms with Crippen LogP contribution in [-0.4, -0.2) is 6.04 Å². The average Bonchev–Trinajstić information content (AvgIpc) is 3.08. The Morgan fingerprint density at radius 1 is 1.33 bits per heavy atom. The van der Waals surface area contributed by atoms with Crippen LogP contribution in [0.4, 0.5) is 4.39 Å². The van der Waals surface area contributed by atoms with Crippen molar-refractivity contribution in [2.75, 3.05) is 0 Å². The van der Waals surface area contributed by atoms with Gasteiger partial charge in [-0.1, -0.05) is 6.07 Å². The normalized spacial score (nSPS) is 15.0. The Balaban J connectivity index is 1.85. The molecule has 0 spiro atoms. The van der Waals surface area contributed by atoms with E-state index in [0.717, 1.165) is 23.4 Å². The molecule has 18 heavy (non-hydrogen) atoms. The van der Waals surface area contributed by atoms with Crippen molar-refractivity contribution in [1.29, 1.82) is 0 Å². The third-order valence-electron chi connectivity index (χ3n) is 3.34. The molecule has 0 aliphatic heterocycles. The number of aryl methyl sites for hydroxylation is 1. The molecule has 0 saturated heterocycles. The Bertz CT molecular complexity index is 557. The number of rotatable bonds is 4. The molecule has 94 valence electrons. The summed E-state index contributed by atoms with van der Waals surface area (Å²) in [6, 6.07) is 7.76. The lowest BCUT2D eigenvalue weighted by Gasteiger charge is -2.05. The Morgan fingerprint density at radius 3 is 2.89 bits per heavy atom. The van der Waals surface area contributed by atoms with Gasteiger partial charge in [0.1, 0.15) is 11.6 Å². The fourth-order valence-corrected chi connectivity index (χ4v) is 2.07. The van der Waals surface area contributed by atoms with Crippen molar-refractivity contribution in [3.05, 3.63) is 47.7 Å². The van der Waals surface area contributed by atoms with Gasteiger partial charge in [0.15, 0.2) is 0 Å². The first-order valence-corrected chi connectivity index (χ1v) is 6.30. The highest BCUT2D eigenvalue weighted by Gasteiger charge is 2.21. The zero-order valence-corrected chi connectivity index (χ0v) is 10.4. The predicted octanol–water partition coefficient (Wildman–Crippen LogP) is 3.65. The van der Waals surface area contributed by atoms with E-state index in [0.29, 0.717) is 11.6 Å². The Hall–Kier alpha value is -1.61. The fraction of sp³-hybridized carbons (Fsp3) is 0.333. The Morgan fingerprint density at radius 2 is 2.17 bits per heavy atom. The van der Waals surface area contributed by atoms with Gasteiger partial charge in [-0.05, 0) is 49.1 Å². The minimum atomic E-state index is -0.167. The van der Waals surface area contributed by atoms with Crippen LogP contribution >= 0.6 is 0 Å². The molecule has 3 rings (SSSR count). The third kappa shape index (κ3) is 2.31. The number of benzene rings is 1. The third-order valence-corrected chi connectivity index (χ3v) is 3.34. The van der Waals surface area contributed by atoms with Gasteiger partial charge in [-0.2, -0.15) is 0 Å². The van der Waals surface area contributed by atoms with Crippen LogP contribution in [0.5, 0.6) is 0 Å². The van der Waals surface area contributed by atoms with Crippen LogP contribution in [0.25, 0.3) is 11.1 Å². The standard InChI is InChI=1S/C15H16FNO/c1-10-8-11(2-5-14(10)16)13-6-7-18-15(13)9-17-12-3-4-12/h2,5-8,12,17H,3-4,9H2,1H3. The van der Waals surface area contributed by atoms with Crippen molar-refractivity contribution < 1.29 is 8.81 Å². The second kappa shape index (κ2) is 4.58. The molecule has 1 aliphatic rings. The molecule has 1 heterocycles. The van der Waals surface area contributed by atoms with Crippen LogP contribution < -0.4 is 5.32 Å². The van der Waals surface area contributed by atoms with Crippen molar-refractivity contribution in [2.45, 2.75) is 32.4 Å². The highest BCUT2D eigenvalue weighted by atomic mass is 19.1. The summed E-state index contributed by atoms with van der Waals surface area (Å²) in [4.78, 5) is 0. The van der Waals surface area contributed by atoms with E-state index >= 15 is 0 Å². The van der Waals surface area contributed by atoms with E-state index < -0.39 is 0 Å². The summed E-state index contributed by atoms with van der Waals surface area (Å²) in [5.74, 6) is 0.757. The van der Waals surface area contributed by atoms with E-state index in [-0.39, 0.29) is 5.82 Å². The van der Waals surface area contributed by atoms with Gasteiger partial charge in [0.05, 0.1) is 12.8 Å². The summed E-state index contributed by atoms with van der Waals surface area (Å²) in [6.07, 6.45) is 4.20. The lowest BCUT2D eigenvalue weighted by molar-refractivity contribution is 0.483. The molecule has 1 N–H and O–H groups in total. The maximum Gasteiger partial charge on any atom is 0.126 e. The molecule has 2 aromatic rings. The van der Waals surface area contributed by atoms with Crippen LogP contribution in [0.1, 0.15) is 24.2 Å². The lowest BCUT2D eigenvalue weighted by Crippen LogP contribution is -2.15. The molecule has 0 radical (unpaired) electrons. The molecule has 0 unspecified atom stereocenters. The lowest BCUT2D eigenvalue weighted by atomic mass is 10.0. The van der Waals surface area contributed by atoms with Crippen LogP contribution in [0, 0.1) is 12.7 Å². The molecule has 2 nitrogen and oxygen atoms in total. The smallest absolute Gasteiger partial charge is 0.126 e. The number of hydrogen-bond acceptors (Lipinski definition) is 2. The number of furan rings is 1. The summed E-state index contributed by atoms with van der Waals surface area (Å²) in [5.41, 5.74) is 2.72. The van der Waals surface area contributed by atoms with E-state index in [4.69, 9.17) is 4.42 Å². The Kier molecular flexibility index (Phi) is 2.92. The van der Waals surface area contributed by atoms with Gasteiger partial charge in [-0.15, -0.1) is 0 Å². The maximum atomic E-state index is 13.3. The van der Waals surface area contributed by atoms with Crippen LogP contribution in [0.2, 0.25) is 0 Å². The van der Waals surface area contributed by atoms with Crippen molar-refractivity contribution in [2.24, 2.45) is 0 Å². The molecular weight excluding hydrogens is 229 g/mol. The van der Waals surface area contributed by atoms with E-state index in [2.05, 4.69) is 5.32 Å². The SMILES string of the molecule is Cc1cc(-c2ccoc2CNC2CC2)ccc1F. The largest absolute Gasteiger partial charge is 0.467 e. The van der Waals surface area contributed by atoms with Gasteiger partial charge < -0.3 is 9.73 Å². The van der Waals surface area contributed by atoms with Gasteiger partial charge in [-0.3, -0.25) is 0 Å². The van der Waals surface area contributed by atoms with Crippen molar-refractivity contribution in [3.63, 3.8) is 0 Å². The van der Waals surface area contributed by atoms with E-state index in [1.54, 1.807) is 19.3 Å². The fourth-order valence-electron chi connectivity index (χ4n) is 2.07. The van der Waals surface area contributed by atoms with Gasteiger partial charge in [0, 0.05) is 11.6 Å². The minimum absolute atomic E-state index is 0.167. The summed E-state index contributed by atoms with van der Waals surface area (Å²) < 4.78 is 18.8. The molecular formula is C15H16FNO. The van der Waals surface area contributed by atoms with Crippen molar-refractivity contribution in [3.8, 4) is 11.1 Å². The highest BCUT2D eigenvalue weighted by Crippen LogP contribution is 2.27. The van der Waals surface area contributed by atoms with Crippen LogP contribution in [0.15, 0.2) is 34.9 Å². The Labute approximate surface area is 106 Å². The van der Waals surface area contributed by atoms with Gasteiger partial charge in [-0.25, -0.2) is 4.39 Å². The molecule has 1 fully saturated rings. The first-order valence-electron chi connectivity index (χ1n) is 6.30. The monoisotopic (exact) mass is 245 g/mol. The highest BCUT2D eigenvalue weighted by molar-refractivity contribution is 5.66. The zero-order valence-electron chi connectivity index (χ0n) is 10.4. The first kappa shape index (κ1) is 11.5. The van der Waals surface area contributed by atoms with Crippen molar-refractivity contribution >= 4 is 0 Å². The van der Waals surface area contributed by atoms with Crippen molar-refractivity contribution in [1.82, 2.24) is 5.32 Å². The molecule has 1 aromatic carbocycles. The second-order valence-electron chi connectivity index (χ2n) is 4.88. The molecule has 0 bridgehead atoms. The van der Waals surface area contributed by atoms with E-state index in [1.165, 1.54) is 18.9 Å². The second-order valence-corrected chi connectivity index (χ2v) is 4.88. The van der Waals surface area contributed by atoms with E-state index in [1.807, 2.05) is 12.1 Å². The van der Waals surface area contributed by atoms with E-state index in [9.17, 15) is 4.39 Å². The first-order chi connectivity index (χ1) is 8.74. The quantitative estimate of drug-likeness (QED) is 0.889. The molecule has 1 saturated carbocycles. The summed E-state index contributed by atoms with van der Waals surface area (Å²) in [7, 11) is 0. The van der Waals surface area contributed by atoms with Gasteiger partial charge in [0.2, 0.25) is 0 Å². The average molecular weight is 245 g/mol.